The molecule has 2 unspecified atom stereocenters. The summed E-state index contributed by atoms with van der Waals surface area (Å²) in [5, 5.41) is 21.8. The lowest BCUT2D eigenvalue weighted by Gasteiger charge is -2.49. The Morgan fingerprint density at radius 1 is 1.61 bits per heavy atom. The molecule has 1 aliphatic rings. The molecule has 0 spiro atoms. The number of aryl methyl sites for hydroxylation is 1. The molecular formula is C13H19NO4. The van der Waals surface area contributed by atoms with Crippen molar-refractivity contribution < 1.29 is 19.4 Å². The molecule has 5 heteroatoms. The van der Waals surface area contributed by atoms with Crippen molar-refractivity contribution in [1.29, 1.82) is 0 Å². The lowest BCUT2D eigenvalue weighted by molar-refractivity contribution is -0.0734. The summed E-state index contributed by atoms with van der Waals surface area (Å²) >= 11 is 0. The van der Waals surface area contributed by atoms with E-state index in [1.807, 2.05) is 13.8 Å². The van der Waals surface area contributed by atoms with Gasteiger partial charge < -0.3 is 19.9 Å². The van der Waals surface area contributed by atoms with E-state index < -0.39 is 5.97 Å². The largest absolute Gasteiger partial charge is 0.475 e. The summed E-state index contributed by atoms with van der Waals surface area (Å²) in [5.41, 5.74) is 0.490. The van der Waals surface area contributed by atoms with Gasteiger partial charge in [-0.1, -0.05) is 13.8 Å². The van der Waals surface area contributed by atoms with Crippen LogP contribution in [0.2, 0.25) is 0 Å². The number of furan rings is 1. The van der Waals surface area contributed by atoms with Crippen molar-refractivity contribution in [3.05, 3.63) is 23.2 Å². The van der Waals surface area contributed by atoms with Gasteiger partial charge >= 0.3 is 5.97 Å². The molecule has 0 bridgehead atoms. The second kappa shape index (κ2) is 4.40. The first-order valence-corrected chi connectivity index (χ1v) is 6.06. The molecule has 100 valence electrons. The van der Waals surface area contributed by atoms with E-state index in [0.29, 0.717) is 17.9 Å². The highest BCUT2D eigenvalue weighted by Gasteiger charge is 2.46. The Hall–Kier alpha value is -1.33. The van der Waals surface area contributed by atoms with Gasteiger partial charge in [0.25, 0.3) is 0 Å². The van der Waals surface area contributed by atoms with Crippen molar-refractivity contribution in [3.8, 4) is 0 Å². The Balaban J connectivity index is 1.96. The van der Waals surface area contributed by atoms with Crippen LogP contribution in [-0.4, -0.2) is 28.3 Å². The minimum Gasteiger partial charge on any atom is -0.475 e. The third-order valence-electron chi connectivity index (χ3n) is 3.90. The van der Waals surface area contributed by atoms with Gasteiger partial charge in [-0.15, -0.1) is 0 Å². The molecule has 0 aromatic carbocycles. The molecule has 1 aromatic rings. The lowest BCUT2D eigenvalue weighted by Crippen LogP contribution is -2.59. The van der Waals surface area contributed by atoms with E-state index in [2.05, 4.69) is 5.32 Å². The zero-order valence-corrected chi connectivity index (χ0v) is 10.9. The van der Waals surface area contributed by atoms with Crippen molar-refractivity contribution in [2.45, 2.75) is 45.9 Å². The third kappa shape index (κ3) is 2.15. The normalized spacial score (nSPS) is 25.8. The predicted molar refractivity (Wildman–Crippen MR) is 65.4 cm³/mol. The highest BCUT2D eigenvalue weighted by Crippen LogP contribution is 2.40. The van der Waals surface area contributed by atoms with Gasteiger partial charge in [-0.2, -0.15) is 0 Å². The van der Waals surface area contributed by atoms with Gasteiger partial charge in [0.05, 0.1) is 12.6 Å². The van der Waals surface area contributed by atoms with E-state index in [0.717, 1.165) is 6.42 Å². The van der Waals surface area contributed by atoms with Crippen LogP contribution in [0, 0.1) is 12.3 Å². The Labute approximate surface area is 106 Å². The van der Waals surface area contributed by atoms with E-state index in [-0.39, 0.29) is 23.3 Å². The topological polar surface area (TPSA) is 82.7 Å². The average molecular weight is 253 g/mol. The number of aliphatic hydroxyl groups excluding tert-OH is 1. The molecule has 1 heterocycles. The molecule has 1 saturated carbocycles. The molecule has 3 N–H and O–H groups in total. The third-order valence-corrected chi connectivity index (χ3v) is 3.90. The van der Waals surface area contributed by atoms with Gasteiger partial charge in [-0.3, -0.25) is 0 Å². The van der Waals surface area contributed by atoms with E-state index in [1.54, 1.807) is 13.0 Å². The summed E-state index contributed by atoms with van der Waals surface area (Å²) in [6.45, 7) is 6.21. The standard InChI is InChI=1S/C13H19NO4/c1-7-4-8(18-11(7)12(16)17)6-14-9-5-10(15)13(9,2)3/h4,9-10,14-15H,5-6H2,1-3H3,(H,16,17). The number of carboxylic acid groups (broad SMARTS) is 1. The molecule has 2 rings (SSSR count). The van der Waals surface area contributed by atoms with Gasteiger partial charge in [0.15, 0.2) is 0 Å². The summed E-state index contributed by atoms with van der Waals surface area (Å²) in [4.78, 5) is 10.8. The van der Waals surface area contributed by atoms with Crippen LogP contribution < -0.4 is 5.32 Å². The Morgan fingerprint density at radius 2 is 2.28 bits per heavy atom. The summed E-state index contributed by atoms with van der Waals surface area (Å²) in [6.07, 6.45) is 0.446. The maximum Gasteiger partial charge on any atom is 0.372 e. The summed E-state index contributed by atoms with van der Waals surface area (Å²) in [6, 6.07) is 1.96. The second-order valence-corrected chi connectivity index (χ2v) is 5.54. The van der Waals surface area contributed by atoms with Crippen molar-refractivity contribution in [3.63, 3.8) is 0 Å². The molecule has 0 saturated heterocycles. The first-order valence-electron chi connectivity index (χ1n) is 6.06. The van der Waals surface area contributed by atoms with Gasteiger partial charge in [-0.25, -0.2) is 4.79 Å². The summed E-state index contributed by atoms with van der Waals surface area (Å²) < 4.78 is 5.27. The molecule has 18 heavy (non-hydrogen) atoms. The Morgan fingerprint density at radius 3 is 2.72 bits per heavy atom. The second-order valence-electron chi connectivity index (χ2n) is 5.54. The smallest absolute Gasteiger partial charge is 0.372 e. The fourth-order valence-corrected chi connectivity index (χ4v) is 2.32. The average Bonchev–Trinajstić information content (AvgIpc) is 2.65. The fraction of sp³-hybridized carbons (Fsp3) is 0.615. The molecule has 1 aromatic heterocycles. The van der Waals surface area contributed by atoms with Crippen molar-refractivity contribution >= 4 is 5.97 Å². The van der Waals surface area contributed by atoms with Crippen LogP contribution in [0.5, 0.6) is 0 Å². The van der Waals surface area contributed by atoms with E-state index >= 15 is 0 Å². The molecule has 2 atom stereocenters. The van der Waals surface area contributed by atoms with Crippen molar-refractivity contribution in [2.75, 3.05) is 0 Å². The highest BCUT2D eigenvalue weighted by molar-refractivity contribution is 5.86. The minimum absolute atomic E-state index is 0.000274. The molecule has 0 radical (unpaired) electrons. The molecule has 0 aliphatic heterocycles. The maximum absolute atomic E-state index is 10.8. The first kappa shape index (κ1) is 13.1. The van der Waals surface area contributed by atoms with Gasteiger partial charge in [0.2, 0.25) is 5.76 Å². The van der Waals surface area contributed by atoms with E-state index in [9.17, 15) is 9.90 Å². The SMILES string of the molecule is Cc1cc(CNC2CC(O)C2(C)C)oc1C(=O)O. The molecule has 5 nitrogen and oxygen atoms in total. The van der Waals surface area contributed by atoms with Crippen molar-refractivity contribution in [2.24, 2.45) is 5.41 Å². The van der Waals surface area contributed by atoms with Crippen LogP contribution in [-0.2, 0) is 6.54 Å². The number of carbonyl (C=O) groups is 1. The summed E-state index contributed by atoms with van der Waals surface area (Å²) in [5.74, 6) is -0.431. The predicted octanol–water partition coefficient (Wildman–Crippen LogP) is 1.54. The lowest BCUT2D eigenvalue weighted by atomic mass is 9.64. The maximum atomic E-state index is 10.8. The summed E-state index contributed by atoms with van der Waals surface area (Å²) in [7, 11) is 0. The van der Waals surface area contributed by atoms with E-state index in [4.69, 9.17) is 9.52 Å². The monoisotopic (exact) mass is 253 g/mol. The van der Waals surface area contributed by atoms with Gasteiger partial charge in [0.1, 0.15) is 5.76 Å². The van der Waals surface area contributed by atoms with Crippen LogP contribution >= 0.6 is 0 Å². The number of hydrogen-bond donors (Lipinski definition) is 3. The molecule has 1 aliphatic carbocycles. The number of nitrogens with one attached hydrogen (secondary N) is 1. The molecule has 1 fully saturated rings. The number of hydrogen-bond acceptors (Lipinski definition) is 4. The van der Waals surface area contributed by atoms with Crippen LogP contribution in [0.25, 0.3) is 0 Å². The Kier molecular flexibility index (Phi) is 3.21. The van der Waals surface area contributed by atoms with Crippen LogP contribution in [0.3, 0.4) is 0 Å². The highest BCUT2D eigenvalue weighted by atomic mass is 16.4. The van der Waals surface area contributed by atoms with Crippen molar-refractivity contribution in [1.82, 2.24) is 5.32 Å². The van der Waals surface area contributed by atoms with Crippen LogP contribution in [0.15, 0.2) is 10.5 Å². The molecular weight excluding hydrogens is 234 g/mol. The first-order chi connectivity index (χ1) is 8.32. The number of carboxylic acids is 1. The minimum atomic E-state index is -1.04. The van der Waals surface area contributed by atoms with Crippen LogP contribution in [0.4, 0.5) is 0 Å². The quantitative estimate of drug-likeness (QED) is 0.758. The van der Waals surface area contributed by atoms with Gasteiger partial charge in [0, 0.05) is 17.0 Å². The Bertz CT molecular complexity index is 464. The fourth-order valence-electron chi connectivity index (χ4n) is 2.32. The zero-order chi connectivity index (χ0) is 13.5. The number of aliphatic hydroxyl groups is 1. The number of rotatable bonds is 4. The van der Waals surface area contributed by atoms with E-state index in [1.165, 1.54) is 0 Å². The number of aromatic carboxylic acids is 1. The van der Waals surface area contributed by atoms with Crippen LogP contribution in [0.1, 0.15) is 42.1 Å². The van der Waals surface area contributed by atoms with Gasteiger partial charge in [-0.05, 0) is 19.4 Å². The molecule has 0 amide bonds. The zero-order valence-electron chi connectivity index (χ0n) is 10.9.